The van der Waals surface area contributed by atoms with E-state index in [4.69, 9.17) is 5.73 Å². The molecule has 0 fully saturated rings. The molecule has 0 unspecified atom stereocenters. The van der Waals surface area contributed by atoms with E-state index in [2.05, 4.69) is 31.7 Å². The Morgan fingerprint density at radius 1 is 1.29 bits per heavy atom. The van der Waals surface area contributed by atoms with E-state index in [1.165, 1.54) is 10.5 Å². The zero-order valence-electron chi connectivity index (χ0n) is 11.7. The third-order valence-corrected chi connectivity index (χ3v) is 4.30. The first kappa shape index (κ1) is 13.6. The number of thioether (sulfide) groups is 1. The molecule has 0 saturated heterocycles. The summed E-state index contributed by atoms with van der Waals surface area (Å²) in [5.74, 6) is 0.203. The van der Waals surface area contributed by atoms with E-state index in [1.807, 2.05) is 17.2 Å². The van der Waals surface area contributed by atoms with Gasteiger partial charge in [-0.3, -0.25) is 0 Å². The van der Waals surface area contributed by atoms with Crippen molar-refractivity contribution in [3.8, 4) is 5.75 Å². The van der Waals surface area contributed by atoms with Gasteiger partial charge >= 0.3 is 0 Å². The molecular formula is C17H16N2OS. The third kappa shape index (κ3) is 2.62. The van der Waals surface area contributed by atoms with Crippen LogP contribution in [0.2, 0.25) is 0 Å². The predicted molar refractivity (Wildman–Crippen MR) is 88.9 cm³/mol. The van der Waals surface area contributed by atoms with E-state index in [-0.39, 0.29) is 5.75 Å². The highest BCUT2D eigenvalue weighted by Gasteiger charge is 2.22. The van der Waals surface area contributed by atoms with Crippen molar-refractivity contribution in [1.29, 1.82) is 0 Å². The van der Waals surface area contributed by atoms with Gasteiger partial charge in [-0.25, -0.2) is 0 Å². The first-order chi connectivity index (χ1) is 10.0. The molecule has 0 aromatic heterocycles. The Labute approximate surface area is 128 Å². The number of rotatable bonds is 2. The van der Waals surface area contributed by atoms with Gasteiger partial charge in [-0.2, -0.15) is 0 Å². The number of hydrogen-bond acceptors (Lipinski definition) is 4. The highest BCUT2D eigenvalue weighted by molar-refractivity contribution is 8.03. The molecule has 0 aliphatic carbocycles. The Morgan fingerprint density at radius 3 is 2.86 bits per heavy atom. The number of phenolic OH excluding ortho intramolecular Hbond substituents is 1. The first-order valence-electron chi connectivity index (χ1n) is 6.58. The molecule has 2 aromatic rings. The van der Waals surface area contributed by atoms with E-state index in [0.717, 1.165) is 16.3 Å². The van der Waals surface area contributed by atoms with Gasteiger partial charge in [0.25, 0.3) is 0 Å². The Hall–Kier alpha value is -2.33. The van der Waals surface area contributed by atoms with E-state index in [9.17, 15) is 5.11 Å². The molecule has 0 atom stereocenters. The topological polar surface area (TPSA) is 49.5 Å². The maximum Gasteiger partial charge on any atom is 0.116 e. The lowest BCUT2D eigenvalue weighted by atomic mass is 10.1. The quantitative estimate of drug-likeness (QED) is 0.878. The fourth-order valence-corrected chi connectivity index (χ4v) is 3.27. The Morgan fingerprint density at radius 2 is 2.10 bits per heavy atom. The van der Waals surface area contributed by atoms with Crippen molar-refractivity contribution in [2.45, 2.75) is 11.8 Å². The second-order valence-electron chi connectivity index (χ2n) is 4.97. The molecule has 21 heavy (non-hydrogen) atoms. The summed E-state index contributed by atoms with van der Waals surface area (Å²) < 4.78 is 0. The Kier molecular flexibility index (Phi) is 3.39. The number of hydrogen-bond donors (Lipinski definition) is 2. The van der Waals surface area contributed by atoms with Crippen molar-refractivity contribution < 1.29 is 5.11 Å². The second-order valence-corrected chi connectivity index (χ2v) is 6.09. The Balaban J connectivity index is 1.98. The van der Waals surface area contributed by atoms with Gasteiger partial charge in [0.05, 0.1) is 16.4 Å². The summed E-state index contributed by atoms with van der Waals surface area (Å²) in [4.78, 5) is 3.17. The smallest absolute Gasteiger partial charge is 0.116 e. The number of benzene rings is 2. The van der Waals surface area contributed by atoms with Gasteiger partial charge < -0.3 is 15.7 Å². The molecule has 3 nitrogen and oxygen atoms in total. The van der Waals surface area contributed by atoms with Gasteiger partial charge in [0, 0.05) is 16.7 Å². The summed E-state index contributed by atoms with van der Waals surface area (Å²) in [5.41, 5.74) is 9.83. The van der Waals surface area contributed by atoms with Crippen LogP contribution in [0, 0.1) is 6.92 Å². The lowest BCUT2D eigenvalue weighted by Crippen LogP contribution is -2.11. The molecule has 3 rings (SSSR count). The van der Waals surface area contributed by atoms with Crippen molar-refractivity contribution in [1.82, 2.24) is 0 Å². The standard InChI is InChI=1S/C17H16N2OS/c1-11-6-7-16-17(8-11)21-12(2)19(16)10-15(18)13-4-3-5-14(20)9-13/h3-10,20H,2,18H2,1H3/b15-10-. The highest BCUT2D eigenvalue weighted by atomic mass is 32.2. The van der Waals surface area contributed by atoms with Crippen LogP contribution in [0.15, 0.2) is 65.2 Å². The second kappa shape index (κ2) is 5.22. The summed E-state index contributed by atoms with van der Waals surface area (Å²) in [5, 5.41) is 10.5. The molecule has 2 aromatic carbocycles. The average molecular weight is 296 g/mol. The van der Waals surface area contributed by atoms with Crippen LogP contribution in [0.25, 0.3) is 5.70 Å². The maximum atomic E-state index is 9.55. The van der Waals surface area contributed by atoms with Crippen LogP contribution in [-0.4, -0.2) is 5.11 Å². The molecule has 1 aliphatic heterocycles. The molecule has 1 heterocycles. The SMILES string of the molecule is C=C1Sc2cc(C)ccc2N1/C=C(\N)c1cccc(O)c1. The fourth-order valence-electron chi connectivity index (χ4n) is 2.25. The normalized spacial score (nSPS) is 14.4. The third-order valence-electron chi connectivity index (χ3n) is 3.32. The number of nitrogens with two attached hydrogens (primary N) is 1. The van der Waals surface area contributed by atoms with E-state index in [1.54, 1.807) is 30.0 Å². The van der Waals surface area contributed by atoms with Crippen LogP contribution in [0.4, 0.5) is 5.69 Å². The molecule has 0 radical (unpaired) electrons. The summed E-state index contributed by atoms with van der Waals surface area (Å²) >= 11 is 1.64. The minimum atomic E-state index is 0.203. The highest BCUT2D eigenvalue weighted by Crippen LogP contribution is 2.46. The summed E-state index contributed by atoms with van der Waals surface area (Å²) in [6.07, 6.45) is 1.85. The van der Waals surface area contributed by atoms with Crippen LogP contribution in [0.3, 0.4) is 0 Å². The van der Waals surface area contributed by atoms with Crippen molar-refractivity contribution in [2.24, 2.45) is 5.73 Å². The lowest BCUT2D eigenvalue weighted by Gasteiger charge is -2.16. The van der Waals surface area contributed by atoms with Crippen LogP contribution in [-0.2, 0) is 0 Å². The lowest BCUT2D eigenvalue weighted by molar-refractivity contribution is 0.475. The van der Waals surface area contributed by atoms with Gasteiger partial charge in [-0.1, -0.05) is 36.5 Å². The molecule has 4 heteroatoms. The summed E-state index contributed by atoms with van der Waals surface area (Å²) in [6, 6.07) is 13.2. The molecule has 1 aliphatic rings. The number of fused-ring (bicyclic) bond motifs is 1. The largest absolute Gasteiger partial charge is 0.508 e. The predicted octanol–water partition coefficient (Wildman–Crippen LogP) is 4.04. The summed E-state index contributed by atoms with van der Waals surface area (Å²) in [7, 11) is 0. The first-order valence-corrected chi connectivity index (χ1v) is 7.39. The Bertz CT molecular complexity index is 752. The summed E-state index contributed by atoms with van der Waals surface area (Å²) in [6.45, 7) is 6.16. The van der Waals surface area contributed by atoms with E-state index < -0.39 is 0 Å². The number of aromatic hydroxyl groups is 1. The minimum absolute atomic E-state index is 0.203. The molecule has 0 spiro atoms. The van der Waals surface area contributed by atoms with E-state index >= 15 is 0 Å². The molecule has 3 N–H and O–H groups in total. The number of phenols is 1. The molecular weight excluding hydrogens is 280 g/mol. The zero-order valence-corrected chi connectivity index (χ0v) is 12.5. The van der Waals surface area contributed by atoms with Crippen LogP contribution in [0.1, 0.15) is 11.1 Å². The van der Waals surface area contributed by atoms with E-state index in [0.29, 0.717) is 5.70 Å². The van der Waals surface area contributed by atoms with Gasteiger partial charge in [0.15, 0.2) is 0 Å². The van der Waals surface area contributed by atoms with Crippen LogP contribution >= 0.6 is 11.8 Å². The maximum absolute atomic E-state index is 9.55. The van der Waals surface area contributed by atoms with Gasteiger partial charge in [0.2, 0.25) is 0 Å². The van der Waals surface area contributed by atoms with Crippen molar-refractivity contribution in [3.63, 3.8) is 0 Å². The van der Waals surface area contributed by atoms with Crippen molar-refractivity contribution in [2.75, 3.05) is 4.90 Å². The van der Waals surface area contributed by atoms with Crippen molar-refractivity contribution >= 4 is 23.1 Å². The molecule has 106 valence electrons. The number of anilines is 1. The fraction of sp³-hybridized carbons (Fsp3) is 0.0588. The molecule has 0 saturated carbocycles. The van der Waals surface area contributed by atoms with Gasteiger partial charge in [0.1, 0.15) is 5.75 Å². The number of aryl methyl sites for hydroxylation is 1. The zero-order chi connectivity index (χ0) is 15.0. The monoisotopic (exact) mass is 296 g/mol. The van der Waals surface area contributed by atoms with Crippen molar-refractivity contribution in [3.05, 3.63) is 71.4 Å². The average Bonchev–Trinajstić information content (AvgIpc) is 2.74. The van der Waals surface area contributed by atoms with Crippen LogP contribution < -0.4 is 10.6 Å². The minimum Gasteiger partial charge on any atom is -0.508 e. The molecule has 0 amide bonds. The van der Waals surface area contributed by atoms with Gasteiger partial charge in [-0.05, 0) is 36.8 Å². The number of nitrogens with zero attached hydrogens (tertiary/aromatic N) is 1. The molecule has 0 bridgehead atoms. The van der Waals surface area contributed by atoms with Gasteiger partial charge in [-0.15, -0.1) is 0 Å². The van der Waals surface area contributed by atoms with Crippen LogP contribution in [0.5, 0.6) is 5.75 Å².